The highest BCUT2D eigenvalue weighted by atomic mass is 35.5. The number of ether oxygens (including phenoxy) is 1. The summed E-state index contributed by atoms with van der Waals surface area (Å²) in [5.74, 6) is 0.197. The second-order valence-corrected chi connectivity index (χ2v) is 9.66. The van der Waals surface area contributed by atoms with Gasteiger partial charge in [-0.2, -0.15) is 0 Å². The number of amides is 3. The van der Waals surface area contributed by atoms with Crippen LogP contribution in [0.1, 0.15) is 25.8 Å². The fraction of sp³-hybridized carbons (Fsp3) is 0.259. The number of hydrogen-bond donors (Lipinski definition) is 0. The number of urea groups is 1. The molecular weight excluding hydrogens is 499 g/mol. The van der Waals surface area contributed by atoms with Gasteiger partial charge in [-0.1, -0.05) is 35.3 Å². The highest BCUT2D eigenvalue weighted by Crippen LogP contribution is 2.39. The first-order chi connectivity index (χ1) is 17.2. The smallest absolute Gasteiger partial charge is 0.332 e. The molecule has 1 fully saturated rings. The SMILES string of the molecule is [C-]#[N+]c1ccc(N2C(=O)N(CCCOc3ccc(-c4ccncc4)cc3Cl)C(C)(C)C2=O)c(C)c1Cl. The fourth-order valence-electron chi connectivity index (χ4n) is 4.16. The lowest BCUT2D eigenvalue weighted by Gasteiger charge is -2.27. The van der Waals surface area contributed by atoms with Crippen LogP contribution in [0.4, 0.5) is 16.2 Å². The van der Waals surface area contributed by atoms with Crippen molar-refractivity contribution in [3.8, 4) is 16.9 Å². The van der Waals surface area contributed by atoms with E-state index in [0.717, 1.165) is 16.0 Å². The molecule has 4 rings (SSSR count). The number of benzene rings is 2. The Balaban J connectivity index is 1.42. The van der Waals surface area contributed by atoms with Gasteiger partial charge in [0.1, 0.15) is 11.3 Å². The van der Waals surface area contributed by atoms with Crippen molar-refractivity contribution < 1.29 is 14.3 Å². The summed E-state index contributed by atoms with van der Waals surface area (Å²) in [6.45, 7) is 13.0. The van der Waals surface area contributed by atoms with E-state index < -0.39 is 11.6 Å². The maximum Gasteiger partial charge on any atom is 0.332 e. The van der Waals surface area contributed by atoms with Crippen LogP contribution in [0.15, 0.2) is 54.9 Å². The molecule has 0 aliphatic carbocycles. The number of rotatable bonds is 7. The molecule has 0 unspecified atom stereocenters. The predicted octanol–water partition coefficient (Wildman–Crippen LogP) is 6.93. The number of nitrogens with zero attached hydrogens (tertiary/aromatic N) is 4. The van der Waals surface area contributed by atoms with Crippen LogP contribution in [0.2, 0.25) is 10.0 Å². The molecule has 0 spiro atoms. The van der Waals surface area contributed by atoms with Crippen LogP contribution in [-0.4, -0.2) is 40.5 Å². The second kappa shape index (κ2) is 10.2. The first-order valence-electron chi connectivity index (χ1n) is 11.3. The third-order valence-electron chi connectivity index (χ3n) is 6.25. The van der Waals surface area contributed by atoms with Gasteiger partial charge in [-0.3, -0.25) is 9.78 Å². The van der Waals surface area contributed by atoms with Crippen molar-refractivity contribution in [1.29, 1.82) is 0 Å². The van der Waals surface area contributed by atoms with Gasteiger partial charge in [0.05, 0.1) is 28.9 Å². The zero-order valence-corrected chi connectivity index (χ0v) is 21.6. The molecule has 2 aromatic carbocycles. The second-order valence-electron chi connectivity index (χ2n) is 8.87. The van der Waals surface area contributed by atoms with E-state index in [9.17, 15) is 9.59 Å². The predicted molar refractivity (Wildman–Crippen MR) is 141 cm³/mol. The molecule has 0 radical (unpaired) electrons. The molecule has 1 aromatic heterocycles. The molecule has 1 saturated heterocycles. The number of halogens is 2. The van der Waals surface area contributed by atoms with Crippen molar-refractivity contribution in [2.45, 2.75) is 32.7 Å². The molecular formula is C27H24Cl2N4O3. The first-order valence-corrected chi connectivity index (χ1v) is 12.1. The standard InChI is InChI=1S/C27H24Cl2N4O3/c1-17-22(8-7-21(30-4)24(17)29)33-25(34)27(2,3)32(26(33)35)14-5-15-36-23-9-6-19(16-20(23)28)18-10-12-31-13-11-18/h6-13,16H,5,14-15H2,1-3H3. The lowest BCUT2D eigenvalue weighted by molar-refractivity contribution is -0.123. The third kappa shape index (κ3) is 4.62. The molecule has 7 nitrogen and oxygen atoms in total. The summed E-state index contributed by atoms with van der Waals surface area (Å²) in [5, 5.41) is 0.720. The minimum Gasteiger partial charge on any atom is -0.492 e. The number of pyridine rings is 1. The van der Waals surface area contributed by atoms with E-state index in [4.69, 9.17) is 34.5 Å². The van der Waals surface area contributed by atoms with Crippen molar-refractivity contribution in [2.75, 3.05) is 18.1 Å². The lowest BCUT2D eigenvalue weighted by Crippen LogP contribution is -2.44. The van der Waals surface area contributed by atoms with E-state index in [-0.39, 0.29) is 16.6 Å². The molecule has 3 aromatic rings. The number of carbonyl (C=O) groups excluding carboxylic acids is 2. The minimum atomic E-state index is -1.04. The number of hydrogen-bond acceptors (Lipinski definition) is 4. The van der Waals surface area contributed by atoms with Gasteiger partial charge in [0.2, 0.25) is 5.69 Å². The van der Waals surface area contributed by atoms with Gasteiger partial charge in [0.25, 0.3) is 5.91 Å². The van der Waals surface area contributed by atoms with Crippen molar-refractivity contribution in [3.63, 3.8) is 0 Å². The van der Waals surface area contributed by atoms with E-state index in [1.165, 1.54) is 11.0 Å². The van der Waals surface area contributed by atoms with Crippen LogP contribution in [0.3, 0.4) is 0 Å². The molecule has 1 aliphatic heterocycles. The Bertz CT molecular complexity index is 1370. The maximum absolute atomic E-state index is 13.3. The number of aromatic nitrogens is 1. The first kappa shape index (κ1) is 25.5. The zero-order valence-electron chi connectivity index (χ0n) is 20.1. The summed E-state index contributed by atoms with van der Waals surface area (Å²) in [5.41, 5.74) is 2.09. The summed E-state index contributed by atoms with van der Waals surface area (Å²) in [6.07, 6.45) is 3.94. The molecule has 3 amide bonds. The summed E-state index contributed by atoms with van der Waals surface area (Å²) in [6, 6.07) is 12.1. The molecule has 184 valence electrons. The van der Waals surface area contributed by atoms with Gasteiger partial charge in [-0.15, -0.1) is 0 Å². The Labute approximate surface area is 220 Å². The highest BCUT2D eigenvalue weighted by Gasteiger charge is 2.51. The van der Waals surface area contributed by atoms with Crippen molar-refractivity contribution in [2.24, 2.45) is 0 Å². The van der Waals surface area contributed by atoms with Gasteiger partial charge in [-0.25, -0.2) is 14.5 Å². The Kier molecular flexibility index (Phi) is 7.21. The van der Waals surface area contributed by atoms with Crippen molar-refractivity contribution >= 4 is 46.5 Å². The Hall–Kier alpha value is -3.60. The quantitative estimate of drug-likeness (QED) is 0.191. The van der Waals surface area contributed by atoms with Gasteiger partial charge >= 0.3 is 6.03 Å². The van der Waals surface area contributed by atoms with Crippen LogP contribution < -0.4 is 9.64 Å². The monoisotopic (exact) mass is 522 g/mol. The third-order valence-corrected chi connectivity index (χ3v) is 7.02. The van der Waals surface area contributed by atoms with Crippen LogP contribution >= 0.6 is 23.2 Å². The average molecular weight is 523 g/mol. The van der Waals surface area contributed by atoms with Crippen LogP contribution in [0.25, 0.3) is 16.0 Å². The van der Waals surface area contributed by atoms with Crippen LogP contribution in [-0.2, 0) is 4.79 Å². The van der Waals surface area contributed by atoms with E-state index in [2.05, 4.69) is 9.83 Å². The number of imide groups is 1. The van der Waals surface area contributed by atoms with Gasteiger partial charge in [-0.05, 0) is 74.2 Å². The minimum absolute atomic E-state index is 0.236. The molecule has 9 heteroatoms. The normalized spacial score (nSPS) is 14.8. The van der Waals surface area contributed by atoms with Crippen molar-refractivity contribution in [3.05, 3.63) is 81.9 Å². The molecule has 1 aliphatic rings. The summed E-state index contributed by atoms with van der Waals surface area (Å²) >= 11 is 12.7. The van der Waals surface area contributed by atoms with Crippen LogP contribution in [0.5, 0.6) is 5.75 Å². The molecule has 0 bridgehead atoms. The maximum atomic E-state index is 13.3. The van der Waals surface area contributed by atoms with E-state index >= 15 is 0 Å². The highest BCUT2D eigenvalue weighted by molar-refractivity contribution is 6.35. The largest absolute Gasteiger partial charge is 0.492 e. The summed E-state index contributed by atoms with van der Waals surface area (Å²) in [4.78, 5) is 36.6. The van der Waals surface area contributed by atoms with E-state index in [1.807, 2.05) is 30.3 Å². The zero-order chi connectivity index (χ0) is 26.0. The lowest BCUT2D eigenvalue weighted by atomic mass is 10.0. The number of anilines is 1. The van der Waals surface area contributed by atoms with Gasteiger partial charge in [0, 0.05) is 18.9 Å². The molecule has 0 N–H and O–H groups in total. The molecule has 0 saturated carbocycles. The van der Waals surface area contributed by atoms with Crippen LogP contribution in [0, 0.1) is 13.5 Å². The van der Waals surface area contributed by atoms with Gasteiger partial charge < -0.3 is 9.64 Å². The van der Waals surface area contributed by atoms with Crippen molar-refractivity contribution in [1.82, 2.24) is 9.88 Å². The summed E-state index contributed by atoms with van der Waals surface area (Å²) < 4.78 is 5.86. The molecule has 0 atom stereocenters. The molecule has 36 heavy (non-hydrogen) atoms. The van der Waals surface area contributed by atoms with Gasteiger partial charge in [0.15, 0.2) is 0 Å². The Morgan fingerprint density at radius 1 is 1.06 bits per heavy atom. The number of carbonyl (C=O) groups is 2. The van der Waals surface area contributed by atoms with E-state index in [1.54, 1.807) is 39.2 Å². The van der Waals surface area contributed by atoms with E-state index in [0.29, 0.717) is 41.6 Å². The molecule has 2 heterocycles. The Morgan fingerprint density at radius 2 is 1.78 bits per heavy atom. The topological polar surface area (TPSA) is 67.1 Å². The average Bonchev–Trinajstić information content (AvgIpc) is 3.03. The Morgan fingerprint density at radius 3 is 2.44 bits per heavy atom. The summed E-state index contributed by atoms with van der Waals surface area (Å²) in [7, 11) is 0. The fourth-order valence-corrected chi connectivity index (χ4v) is 4.60.